The summed E-state index contributed by atoms with van der Waals surface area (Å²) in [6.45, 7) is 12.2. The zero-order chi connectivity index (χ0) is 27.2. The second-order valence-corrected chi connectivity index (χ2v) is 11.0. The van der Waals surface area contributed by atoms with Crippen LogP contribution in [-0.2, 0) is 13.2 Å². The number of fused-ring (bicyclic) bond motifs is 4. The Morgan fingerprint density at radius 2 is 1.18 bits per heavy atom. The summed E-state index contributed by atoms with van der Waals surface area (Å²) < 4.78 is 12.9. The molecule has 0 radical (unpaired) electrons. The highest BCUT2D eigenvalue weighted by Gasteiger charge is 2.35. The number of carbonyl (C=O) groups is 2. The minimum atomic E-state index is -0.0245. The lowest BCUT2D eigenvalue weighted by molar-refractivity contribution is 0.111. The molecule has 2 aliphatic rings. The third-order valence-electron chi connectivity index (χ3n) is 8.26. The monoisotopic (exact) mass is 510 g/mol. The molecular weight excluding hydrogens is 480 g/mol. The van der Waals surface area contributed by atoms with Crippen molar-refractivity contribution in [3.63, 3.8) is 0 Å². The number of carbonyl (C=O) groups excluding carboxylic acids is 2. The molecule has 38 heavy (non-hydrogen) atoms. The quantitative estimate of drug-likeness (QED) is 0.279. The first-order chi connectivity index (χ1) is 18.1. The lowest BCUT2D eigenvalue weighted by Gasteiger charge is -2.33. The number of hydrogen-bond acceptors (Lipinski definition) is 6. The van der Waals surface area contributed by atoms with Gasteiger partial charge in [0.15, 0.2) is 12.6 Å². The molecular formula is C32H30O6. The molecule has 0 unspecified atom stereocenters. The molecule has 0 spiro atoms. The summed E-state index contributed by atoms with van der Waals surface area (Å²) in [6, 6.07) is 4.05. The third-order valence-corrected chi connectivity index (χ3v) is 8.26. The molecule has 0 aliphatic carbocycles. The van der Waals surface area contributed by atoms with Crippen molar-refractivity contribution in [2.45, 2.75) is 66.6 Å². The molecule has 0 fully saturated rings. The van der Waals surface area contributed by atoms with Crippen LogP contribution in [0.5, 0.6) is 23.0 Å². The molecule has 2 aliphatic heterocycles. The summed E-state index contributed by atoms with van der Waals surface area (Å²) in [5, 5.41) is 25.0. The fourth-order valence-electron chi connectivity index (χ4n) is 6.63. The van der Waals surface area contributed by atoms with Crippen LogP contribution in [0.25, 0.3) is 32.7 Å². The zero-order valence-corrected chi connectivity index (χ0v) is 22.4. The molecule has 4 aromatic rings. The Balaban J connectivity index is 1.82. The predicted molar refractivity (Wildman–Crippen MR) is 147 cm³/mol. The van der Waals surface area contributed by atoms with Crippen LogP contribution < -0.4 is 9.47 Å². The molecule has 4 aromatic carbocycles. The number of ether oxygens (including phenoxy) is 2. The van der Waals surface area contributed by atoms with Gasteiger partial charge in [0.25, 0.3) is 0 Å². The molecule has 2 heterocycles. The van der Waals surface area contributed by atoms with E-state index >= 15 is 0 Å². The molecule has 194 valence electrons. The number of phenols is 2. The van der Waals surface area contributed by atoms with Gasteiger partial charge in [-0.1, -0.05) is 27.7 Å². The average Bonchev–Trinajstić information content (AvgIpc) is 2.88. The van der Waals surface area contributed by atoms with Crippen LogP contribution in [0.2, 0.25) is 0 Å². The van der Waals surface area contributed by atoms with Gasteiger partial charge in [-0.15, -0.1) is 0 Å². The van der Waals surface area contributed by atoms with Crippen molar-refractivity contribution in [3.8, 4) is 34.1 Å². The lowest BCUT2D eigenvalue weighted by Crippen LogP contribution is -2.17. The second kappa shape index (κ2) is 8.22. The average molecular weight is 511 g/mol. The van der Waals surface area contributed by atoms with Crippen LogP contribution in [0.15, 0.2) is 12.1 Å². The molecule has 0 saturated heterocycles. The fraction of sp³-hybridized carbons (Fsp3) is 0.312. The predicted octanol–water partition coefficient (Wildman–Crippen LogP) is 7.34. The van der Waals surface area contributed by atoms with Crippen LogP contribution >= 0.6 is 0 Å². The first-order valence-electron chi connectivity index (χ1n) is 13.0. The molecule has 2 N–H and O–H groups in total. The van der Waals surface area contributed by atoms with Crippen LogP contribution in [-0.4, -0.2) is 22.8 Å². The van der Waals surface area contributed by atoms with Gasteiger partial charge in [-0.05, 0) is 59.7 Å². The van der Waals surface area contributed by atoms with E-state index in [0.717, 1.165) is 50.4 Å². The van der Waals surface area contributed by atoms with Crippen molar-refractivity contribution < 1.29 is 29.3 Å². The Morgan fingerprint density at radius 3 is 1.66 bits per heavy atom. The maximum atomic E-state index is 12.3. The Kier molecular flexibility index (Phi) is 5.25. The number of aldehydes is 2. The second-order valence-electron chi connectivity index (χ2n) is 11.0. The van der Waals surface area contributed by atoms with Crippen LogP contribution in [0, 0.1) is 13.8 Å². The van der Waals surface area contributed by atoms with Gasteiger partial charge in [-0.3, -0.25) is 9.59 Å². The van der Waals surface area contributed by atoms with Crippen LogP contribution in [0.1, 0.15) is 93.6 Å². The normalized spacial score (nSPS) is 13.6. The first-order valence-corrected chi connectivity index (χ1v) is 13.0. The molecule has 0 aromatic heterocycles. The van der Waals surface area contributed by atoms with E-state index < -0.39 is 0 Å². The highest BCUT2D eigenvalue weighted by atomic mass is 16.5. The molecule has 6 heteroatoms. The van der Waals surface area contributed by atoms with Gasteiger partial charge >= 0.3 is 0 Å². The van der Waals surface area contributed by atoms with E-state index in [1.807, 2.05) is 26.8 Å². The summed E-state index contributed by atoms with van der Waals surface area (Å²) in [5.74, 6) is 1.37. The van der Waals surface area contributed by atoms with Crippen LogP contribution in [0.3, 0.4) is 0 Å². The van der Waals surface area contributed by atoms with E-state index in [9.17, 15) is 19.8 Å². The highest BCUT2D eigenvalue weighted by molar-refractivity contribution is 6.14. The van der Waals surface area contributed by atoms with E-state index in [2.05, 4.69) is 19.9 Å². The minimum absolute atomic E-state index is 0.0119. The molecule has 0 amide bonds. The van der Waals surface area contributed by atoms with Crippen molar-refractivity contribution in [2.24, 2.45) is 0 Å². The maximum Gasteiger partial charge on any atom is 0.154 e. The van der Waals surface area contributed by atoms with Gasteiger partial charge in [0, 0.05) is 49.7 Å². The molecule has 0 saturated carbocycles. The Bertz CT molecular complexity index is 1610. The number of hydrogen-bond donors (Lipinski definition) is 2. The molecule has 6 rings (SSSR count). The van der Waals surface area contributed by atoms with Crippen molar-refractivity contribution >= 4 is 34.1 Å². The van der Waals surface area contributed by atoms with Gasteiger partial charge in [-0.25, -0.2) is 0 Å². The summed E-state index contributed by atoms with van der Waals surface area (Å²) in [4.78, 5) is 24.6. The summed E-state index contributed by atoms with van der Waals surface area (Å²) in [7, 11) is 0. The van der Waals surface area contributed by atoms with E-state index in [4.69, 9.17) is 9.47 Å². The number of benzene rings is 4. The summed E-state index contributed by atoms with van der Waals surface area (Å²) in [5.41, 5.74) is 7.06. The van der Waals surface area contributed by atoms with E-state index in [-0.39, 0.29) is 42.1 Å². The van der Waals surface area contributed by atoms with Gasteiger partial charge in [-0.2, -0.15) is 0 Å². The van der Waals surface area contributed by atoms with Gasteiger partial charge in [0.05, 0.1) is 5.56 Å². The number of aromatic hydroxyl groups is 2. The standard InChI is InChI=1S/C32H30O6/c1-13(2)23-16(6)29(35)22(10-34)28-19(23)7-17-11-37-31-25-18(12-38-32(28)26(17)25)8-20-24(14(3)4)30(36)15(5)21(9-33)27(20)31/h7-10,13-14,35-36H,11-12H2,1-6H3. The Labute approximate surface area is 220 Å². The van der Waals surface area contributed by atoms with E-state index in [0.29, 0.717) is 45.2 Å². The summed E-state index contributed by atoms with van der Waals surface area (Å²) >= 11 is 0. The number of phenolic OH excluding ortho intramolecular Hbond substituents is 2. The minimum Gasteiger partial charge on any atom is -0.507 e. The largest absolute Gasteiger partial charge is 0.507 e. The van der Waals surface area contributed by atoms with Crippen LogP contribution in [0.4, 0.5) is 0 Å². The zero-order valence-electron chi connectivity index (χ0n) is 22.4. The maximum absolute atomic E-state index is 12.3. The first kappa shape index (κ1) is 24.3. The van der Waals surface area contributed by atoms with Gasteiger partial charge in [0.1, 0.15) is 36.2 Å². The fourth-order valence-corrected chi connectivity index (χ4v) is 6.63. The Morgan fingerprint density at radius 1 is 0.711 bits per heavy atom. The number of rotatable bonds is 4. The lowest BCUT2D eigenvalue weighted by atomic mass is 9.80. The highest BCUT2D eigenvalue weighted by Crippen LogP contribution is 2.57. The van der Waals surface area contributed by atoms with E-state index in [1.165, 1.54) is 0 Å². The smallest absolute Gasteiger partial charge is 0.154 e. The van der Waals surface area contributed by atoms with Crippen molar-refractivity contribution in [1.29, 1.82) is 0 Å². The molecule has 0 bridgehead atoms. The Hall–Kier alpha value is -4.06. The summed E-state index contributed by atoms with van der Waals surface area (Å²) in [6.07, 6.45) is 1.48. The van der Waals surface area contributed by atoms with Crippen molar-refractivity contribution in [1.82, 2.24) is 0 Å². The van der Waals surface area contributed by atoms with E-state index in [1.54, 1.807) is 6.92 Å². The van der Waals surface area contributed by atoms with Gasteiger partial charge in [0.2, 0.25) is 0 Å². The van der Waals surface area contributed by atoms with Crippen molar-refractivity contribution in [2.75, 3.05) is 0 Å². The van der Waals surface area contributed by atoms with Crippen molar-refractivity contribution in [3.05, 3.63) is 56.6 Å². The third kappa shape index (κ3) is 2.94. The molecule has 6 nitrogen and oxygen atoms in total. The van der Waals surface area contributed by atoms with Gasteiger partial charge < -0.3 is 19.7 Å². The topological polar surface area (TPSA) is 93.1 Å². The molecule has 0 atom stereocenters. The SMILES string of the molecule is Cc1c(O)c(C=O)c2c3c4c(cc2c1C(C)C)COc1c-4c(cc2c(C(C)C)c(O)c(C)c(C=O)c12)CO3.